The van der Waals surface area contributed by atoms with Crippen molar-refractivity contribution < 1.29 is 9.59 Å². The molecule has 0 heterocycles. The SMILES string of the molecule is CCC(C)NC(=O)CNC(=O)Cc1cccc2ccccc12. The maximum absolute atomic E-state index is 12.0. The maximum atomic E-state index is 12.0. The zero-order chi connectivity index (χ0) is 15.9. The molecule has 2 amide bonds. The molecule has 2 rings (SSSR count). The first-order valence-corrected chi connectivity index (χ1v) is 7.63. The van der Waals surface area contributed by atoms with Crippen LogP contribution in [0.2, 0.25) is 0 Å². The second-order valence-corrected chi connectivity index (χ2v) is 5.47. The molecule has 2 aromatic carbocycles. The summed E-state index contributed by atoms with van der Waals surface area (Å²) in [6.07, 6.45) is 1.15. The van der Waals surface area contributed by atoms with Crippen LogP contribution in [0.4, 0.5) is 0 Å². The number of carbonyl (C=O) groups excluding carboxylic acids is 2. The van der Waals surface area contributed by atoms with E-state index < -0.39 is 0 Å². The monoisotopic (exact) mass is 298 g/mol. The van der Waals surface area contributed by atoms with Gasteiger partial charge in [-0.05, 0) is 29.7 Å². The minimum atomic E-state index is -0.152. The van der Waals surface area contributed by atoms with E-state index in [9.17, 15) is 9.59 Å². The van der Waals surface area contributed by atoms with E-state index in [1.165, 1.54) is 0 Å². The van der Waals surface area contributed by atoms with Gasteiger partial charge in [-0.2, -0.15) is 0 Å². The predicted octanol–water partition coefficient (Wildman–Crippen LogP) is 2.41. The van der Waals surface area contributed by atoms with Gasteiger partial charge in [-0.3, -0.25) is 9.59 Å². The molecule has 0 radical (unpaired) electrons. The lowest BCUT2D eigenvalue weighted by atomic mass is 10.0. The first-order chi connectivity index (χ1) is 10.6. The van der Waals surface area contributed by atoms with Crippen molar-refractivity contribution >= 4 is 22.6 Å². The first-order valence-electron chi connectivity index (χ1n) is 7.63. The third-order valence-corrected chi connectivity index (χ3v) is 3.70. The fourth-order valence-electron chi connectivity index (χ4n) is 2.29. The maximum Gasteiger partial charge on any atom is 0.239 e. The Morgan fingerprint density at radius 3 is 2.55 bits per heavy atom. The molecule has 4 heteroatoms. The van der Waals surface area contributed by atoms with Crippen molar-refractivity contribution in [2.45, 2.75) is 32.7 Å². The van der Waals surface area contributed by atoms with Crippen LogP contribution in [0.15, 0.2) is 42.5 Å². The van der Waals surface area contributed by atoms with E-state index in [4.69, 9.17) is 0 Å². The largest absolute Gasteiger partial charge is 0.352 e. The van der Waals surface area contributed by atoms with Gasteiger partial charge in [-0.25, -0.2) is 0 Å². The van der Waals surface area contributed by atoms with Gasteiger partial charge in [0.25, 0.3) is 0 Å². The highest BCUT2D eigenvalue weighted by Gasteiger charge is 2.09. The Labute approximate surface area is 130 Å². The summed E-state index contributed by atoms with van der Waals surface area (Å²) in [7, 11) is 0. The number of rotatable bonds is 6. The van der Waals surface area contributed by atoms with Crippen LogP contribution in [0.25, 0.3) is 10.8 Å². The zero-order valence-electron chi connectivity index (χ0n) is 13.1. The van der Waals surface area contributed by atoms with Gasteiger partial charge in [0.2, 0.25) is 11.8 Å². The van der Waals surface area contributed by atoms with Crippen LogP contribution < -0.4 is 10.6 Å². The first kappa shape index (κ1) is 16.0. The van der Waals surface area contributed by atoms with Crippen molar-refractivity contribution in [3.63, 3.8) is 0 Å². The second kappa shape index (κ2) is 7.59. The van der Waals surface area contributed by atoms with Gasteiger partial charge in [0.1, 0.15) is 0 Å². The van der Waals surface area contributed by atoms with Crippen molar-refractivity contribution in [1.82, 2.24) is 10.6 Å². The molecule has 2 aromatic rings. The van der Waals surface area contributed by atoms with E-state index in [1.807, 2.05) is 56.3 Å². The van der Waals surface area contributed by atoms with Crippen LogP contribution in [-0.4, -0.2) is 24.4 Å². The van der Waals surface area contributed by atoms with Crippen LogP contribution in [-0.2, 0) is 16.0 Å². The topological polar surface area (TPSA) is 58.2 Å². The van der Waals surface area contributed by atoms with Crippen LogP contribution >= 0.6 is 0 Å². The van der Waals surface area contributed by atoms with Gasteiger partial charge in [-0.15, -0.1) is 0 Å². The average molecular weight is 298 g/mol. The number of amides is 2. The van der Waals surface area contributed by atoms with E-state index in [1.54, 1.807) is 0 Å². The van der Waals surface area contributed by atoms with Gasteiger partial charge < -0.3 is 10.6 Å². The van der Waals surface area contributed by atoms with Gasteiger partial charge in [-0.1, -0.05) is 49.4 Å². The molecule has 2 N–H and O–H groups in total. The van der Waals surface area contributed by atoms with Gasteiger partial charge in [0.05, 0.1) is 13.0 Å². The lowest BCUT2D eigenvalue weighted by molar-refractivity contribution is -0.126. The van der Waals surface area contributed by atoms with Crippen LogP contribution in [0.5, 0.6) is 0 Å². The number of carbonyl (C=O) groups is 2. The fraction of sp³-hybridized carbons (Fsp3) is 0.333. The van der Waals surface area contributed by atoms with E-state index in [0.29, 0.717) is 0 Å². The molecule has 0 aliphatic carbocycles. The molecule has 0 aromatic heterocycles. The van der Waals surface area contributed by atoms with Crippen molar-refractivity contribution in [1.29, 1.82) is 0 Å². The van der Waals surface area contributed by atoms with E-state index >= 15 is 0 Å². The smallest absolute Gasteiger partial charge is 0.239 e. The summed E-state index contributed by atoms with van der Waals surface area (Å²) in [6, 6.07) is 14.0. The van der Waals surface area contributed by atoms with Gasteiger partial charge >= 0.3 is 0 Å². The number of hydrogen-bond donors (Lipinski definition) is 2. The molecular weight excluding hydrogens is 276 g/mol. The standard InChI is InChI=1S/C18H22N2O2/c1-3-13(2)20-18(22)12-19-17(21)11-15-9-6-8-14-7-4-5-10-16(14)15/h4-10,13H,3,11-12H2,1-2H3,(H,19,21)(H,20,22). The van der Waals surface area contributed by atoms with Crippen molar-refractivity contribution in [3.05, 3.63) is 48.0 Å². The molecule has 0 bridgehead atoms. The predicted molar refractivity (Wildman–Crippen MR) is 88.6 cm³/mol. The molecule has 0 aliphatic heterocycles. The summed E-state index contributed by atoms with van der Waals surface area (Å²) in [5.41, 5.74) is 0.970. The molecule has 0 saturated heterocycles. The third kappa shape index (κ3) is 4.32. The highest BCUT2D eigenvalue weighted by atomic mass is 16.2. The highest BCUT2D eigenvalue weighted by Crippen LogP contribution is 2.18. The molecule has 116 valence electrons. The minimum Gasteiger partial charge on any atom is -0.352 e. The minimum absolute atomic E-state index is 0.0218. The van der Waals surface area contributed by atoms with Crippen LogP contribution in [0.1, 0.15) is 25.8 Å². The summed E-state index contributed by atoms with van der Waals surface area (Å²) >= 11 is 0. The molecule has 22 heavy (non-hydrogen) atoms. The Morgan fingerprint density at radius 2 is 1.77 bits per heavy atom. The summed E-state index contributed by atoms with van der Waals surface area (Å²) < 4.78 is 0. The van der Waals surface area contributed by atoms with Gasteiger partial charge in [0, 0.05) is 6.04 Å². The molecule has 4 nitrogen and oxygen atoms in total. The third-order valence-electron chi connectivity index (χ3n) is 3.70. The van der Waals surface area contributed by atoms with E-state index in [-0.39, 0.29) is 30.8 Å². The summed E-state index contributed by atoms with van der Waals surface area (Å²) in [5, 5.41) is 7.69. The molecule has 0 saturated carbocycles. The van der Waals surface area contributed by atoms with Crippen molar-refractivity contribution in [2.24, 2.45) is 0 Å². The number of benzene rings is 2. The van der Waals surface area contributed by atoms with Crippen molar-refractivity contribution in [3.8, 4) is 0 Å². The zero-order valence-corrected chi connectivity index (χ0v) is 13.1. The van der Waals surface area contributed by atoms with E-state index in [2.05, 4.69) is 10.6 Å². The number of hydrogen-bond acceptors (Lipinski definition) is 2. The summed E-state index contributed by atoms with van der Waals surface area (Å²) in [4.78, 5) is 23.7. The van der Waals surface area contributed by atoms with Gasteiger partial charge in [0.15, 0.2) is 0 Å². The molecule has 1 atom stereocenters. The number of nitrogens with one attached hydrogen (secondary N) is 2. The van der Waals surface area contributed by atoms with E-state index in [0.717, 1.165) is 22.8 Å². The Kier molecular flexibility index (Phi) is 5.53. The Balaban J connectivity index is 1.93. The molecule has 0 aliphatic rings. The number of fused-ring (bicyclic) bond motifs is 1. The Bertz CT molecular complexity index is 662. The summed E-state index contributed by atoms with van der Waals surface area (Å²) in [5.74, 6) is -0.295. The molecule has 1 unspecified atom stereocenters. The van der Waals surface area contributed by atoms with Crippen molar-refractivity contribution in [2.75, 3.05) is 6.54 Å². The van der Waals surface area contributed by atoms with Crippen LogP contribution in [0, 0.1) is 0 Å². The quantitative estimate of drug-likeness (QED) is 0.860. The molecular formula is C18H22N2O2. The second-order valence-electron chi connectivity index (χ2n) is 5.47. The highest BCUT2D eigenvalue weighted by molar-refractivity contribution is 5.91. The fourth-order valence-corrected chi connectivity index (χ4v) is 2.29. The van der Waals surface area contributed by atoms with Crippen LogP contribution in [0.3, 0.4) is 0 Å². The Morgan fingerprint density at radius 1 is 1.05 bits per heavy atom. The summed E-state index contributed by atoms with van der Waals surface area (Å²) in [6.45, 7) is 3.97. The normalized spacial score (nSPS) is 11.9. The molecule has 0 spiro atoms. The Hall–Kier alpha value is -2.36. The average Bonchev–Trinajstić information content (AvgIpc) is 2.53. The molecule has 0 fully saturated rings. The lowest BCUT2D eigenvalue weighted by Gasteiger charge is -2.12. The lowest BCUT2D eigenvalue weighted by Crippen LogP contribution is -2.41.